The number of hydrogen-bond donors (Lipinski definition) is 2. The Balaban J connectivity index is 2.32. The molecule has 1 aromatic heterocycles. The van der Waals surface area contributed by atoms with Crippen LogP contribution in [0.1, 0.15) is 42.2 Å². The molecule has 1 aliphatic rings. The molecule has 2 rings (SSSR count). The highest BCUT2D eigenvalue weighted by Gasteiger charge is 2.27. The van der Waals surface area contributed by atoms with Crippen molar-refractivity contribution in [2.75, 3.05) is 5.73 Å². The van der Waals surface area contributed by atoms with Crippen molar-refractivity contribution in [2.45, 2.75) is 39.2 Å². The Bertz CT molecular complexity index is 406. The Labute approximate surface area is 94.8 Å². The fourth-order valence-electron chi connectivity index (χ4n) is 1.92. The molecular formula is C11H18N4O. The van der Waals surface area contributed by atoms with Gasteiger partial charge in [0.05, 0.1) is 5.69 Å². The summed E-state index contributed by atoms with van der Waals surface area (Å²) >= 11 is 0. The van der Waals surface area contributed by atoms with E-state index in [4.69, 9.17) is 11.5 Å². The number of nitrogen functional groups attached to an aromatic ring is 1. The molecule has 4 N–H and O–H groups in total. The number of aryl methyl sites for hydroxylation is 1. The molecule has 16 heavy (non-hydrogen) atoms. The van der Waals surface area contributed by atoms with Crippen LogP contribution >= 0.6 is 0 Å². The first kappa shape index (κ1) is 11.0. The van der Waals surface area contributed by atoms with Crippen LogP contribution in [-0.4, -0.2) is 15.7 Å². The minimum absolute atomic E-state index is 0.421. The second kappa shape index (κ2) is 4.15. The summed E-state index contributed by atoms with van der Waals surface area (Å²) in [6.07, 6.45) is 4.21. The second-order valence-corrected chi connectivity index (χ2v) is 4.44. The summed E-state index contributed by atoms with van der Waals surface area (Å²) in [6.45, 7) is 2.78. The number of hydrogen-bond acceptors (Lipinski definition) is 3. The normalized spacial score (nSPS) is 15.3. The molecule has 0 spiro atoms. The van der Waals surface area contributed by atoms with E-state index < -0.39 is 5.91 Å². The Morgan fingerprint density at radius 3 is 2.75 bits per heavy atom. The molecule has 5 heteroatoms. The van der Waals surface area contributed by atoms with Crippen molar-refractivity contribution >= 4 is 11.7 Å². The van der Waals surface area contributed by atoms with Crippen molar-refractivity contribution in [3.05, 3.63) is 11.3 Å². The second-order valence-electron chi connectivity index (χ2n) is 4.44. The van der Waals surface area contributed by atoms with Gasteiger partial charge in [0.2, 0.25) is 0 Å². The lowest BCUT2D eigenvalue weighted by molar-refractivity contribution is 0.1000. The number of nitrogens with zero attached hydrogens (tertiary/aromatic N) is 2. The number of aromatic nitrogens is 2. The maximum Gasteiger partial charge on any atom is 0.254 e. The van der Waals surface area contributed by atoms with Gasteiger partial charge >= 0.3 is 0 Å². The number of primary amides is 1. The third kappa shape index (κ3) is 2.03. The third-order valence-corrected chi connectivity index (χ3v) is 2.92. The summed E-state index contributed by atoms with van der Waals surface area (Å²) in [7, 11) is 0. The lowest BCUT2D eigenvalue weighted by Crippen LogP contribution is -2.15. The van der Waals surface area contributed by atoms with Crippen molar-refractivity contribution < 1.29 is 4.79 Å². The van der Waals surface area contributed by atoms with Crippen LogP contribution < -0.4 is 11.5 Å². The molecule has 0 atom stereocenters. The van der Waals surface area contributed by atoms with Crippen LogP contribution in [0.4, 0.5) is 5.82 Å². The molecule has 1 fully saturated rings. The van der Waals surface area contributed by atoms with E-state index in [-0.39, 0.29) is 0 Å². The van der Waals surface area contributed by atoms with Crippen LogP contribution in [0.25, 0.3) is 0 Å². The Morgan fingerprint density at radius 1 is 1.56 bits per heavy atom. The van der Waals surface area contributed by atoms with Gasteiger partial charge < -0.3 is 11.5 Å². The lowest BCUT2D eigenvalue weighted by atomic mass is 10.1. The lowest BCUT2D eigenvalue weighted by Gasteiger charge is -2.00. The molecule has 1 aromatic rings. The third-order valence-electron chi connectivity index (χ3n) is 2.92. The molecule has 0 unspecified atom stereocenters. The predicted octanol–water partition coefficient (Wildman–Crippen LogP) is 0.927. The van der Waals surface area contributed by atoms with Gasteiger partial charge in [-0.25, -0.2) is 4.68 Å². The maximum absolute atomic E-state index is 11.4. The molecule has 0 radical (unpaired) electrons. The molecule has 1 aliphatic carbocycles. The standard InChI is InChI=1S/C11H18N4O/c1-2-5-15-10(12)9(11(13)16)8(14-15)6-7-3-4-7/h7H,2-6,12H2,1H3,(H2,13,16). The van der Waals surface area contributed by atoms with Gasteiger partial charge in [0.15, 0.2) is 0 Å². The zero-order valence-electron chi connectivity index (χ0n) is 9.57. The number of carbonyl (C=O) groups is 1. The highest BCUT2D eigenvalue weighted by Crippen LogP contribution is 2.34. The number of amides is 1. The smallest absolute Gasteiger partial charge is 0.254 e. The Kier molecular flexibility index (Phi) is 2.85. The molecule has 1 amide bonds. The number of rotatable bonds is 5. The van der Waals surface area contributed by atoms with Gasteiger partial charge in [0.1, 0.15) is 11.4 Å². The van der Waals surface area contributed by atoms with Gasteiger partial charge in [0.25, 0.3) is 5.91 Å². The van der Waals surface area contributed by atoms with Gasteiger partial charge in [-0.15, -0.1) is 0 Å². The average molecular weight is 222 g/mol. The first-order valence-corrected chi connectivity index (χ1v) is 5.78. The van der Waals surface area contributed by atoms with Crippen molar-refractivity contribution in [3.63, 3.8) is 0 Å². The number of carbonyl (C=O) groups excluding carboxylic acids is 1. The number of nitrogens with two attached hydrogens (primary N) is 2. The van der Waals surface area contributed by atoms with Crippen LogP contribution in [0, 0.1) is 5.92 Å². The van der Waals surface area contributed by atoms with Gasteiger partial charge in [0, 0.05) is 6.54 Å². The highest BCUT2D eigenvalue weighted by atomic mass is 16.1. The molecule has 1 heterocycles. The zero-order valence-corrected chi connectivity index (χ0v) is 9.57. The van der Waals surface area contributed by atoms with Gasteiger partial charge in [-0.3, -0.25) is 4.79 Å². The first-order chi connectivity index (χ1) is 7.63. The SMILES string of the molecule is CCCn1nc(CC2CC2)c(C(N)=O)c1N. The molecule has 5 nitrogen and oxygen atoms in total. The fraction of sp³-hybridized carbons (Fsp3) is 0.636. The quantitative estimate of drug-likeness (QED) is 0.776. The first-order valence-electron chi connectivity index (χ1n) is 5.78. The molecule has 0 aromatic carbocycles. The fourth-order valence-corrected chi connectivity index (χ4v) is 1.92. The molecule has 0 bridgehead atoms. The van der Waals surface area contributed by atoms with E-state index in [1.165, 1.54) is 12.8 Å². The highest BCUT2D eigenvalue weighted by molar-refractivity contribution is 5.98. The Morgan fingerprint density at radius 2 is 2.25 bits per heavy atom. The van der Waals surface area contributed by atoms with Crippen molar-refractivity contribution in [1.29, 1.82) is 0 Å². The summed E-state index contributed by atoms with van der Waals surface area (Å²) in [5, 5.41) is 4.39. The van der Waals surface area contributed by atoms with E-state index >= 15 is 0 Å². The predicted molar refractivity (Wildman–Crippen MR) is 61.9 cm³/mol. The monoisotopic (exact) mass is 222 g/mol. The topological polar surface area (TPSA) is 86.9 Å². The van der Waals surface area contributed by atoms with Crippen LogP contribution in [-0.2, 0) is 13.0 Å². The Hall–Kier alpha value is -1.52. The maximum atomic E-state index is 11.4. The molecule has 1 saturated carbocycles. The summed E-state index contributed by atoms with van der Waals surface area (Å²) in [6, 6.07) is 0. The van der Waals surface area contributed by atoms with Crippen molar-refractivity contribution in [3.8, 4) is 0 Å². The van der Waals surface area contributed by atoms with Gasteiger partial charge in [-0.2, -0.15) is 5.10 Å². The van der Waals surface area contributed by atoms with Crippen LogP contribution in [0.3, 0.4) is 0 Å². The van der Waals surface area contributed by atoms with Crippen molar-refractivity contribution in [2.24, 2.45) is 11.7 Å². The van der Waals surface area contributed by atoms with E-state index in [1.54, 1.807) is 4.68 Å². The largest absolute Gasteiger partial charge is 0.383 e. The van der Waals surface area contributed by atoms with Gasteiger partial charge in [-0.05, 0) is 31.6 Å². The van der Waals surface area contributed by atoms with Crippen molar-refractivity contribution in [1.82, 2.24) is 9.78 Å². The summed E-state index contributed by atoms with van der Waals surface area (Å²) in [4.78, 5) is 11.4. The molecule has 88 valence electrons. The van der Waals surface area contributed by atoms with Crippen LogP contribution in [0.2, 0.25) is 0 Å². The summed E-state index contributed by atoms with van der Waals surface area (Å²) < 4.78 is 1.69. The van der Waals surface area contributed by atoms with Gasteiger partial charge in [-0.1, -0.05) is 6.92 Å². The van der Waals surface area contributed by atoms with E-state index in [1.807, 2.05) is 6.92 Å². The molecule has 0 saturated heterocycles. The average Bonchev–Trinajstić information content (AvgIpc) is 2.94. The van der Waals surface area contributed by atoms with E-state index in [9.17, 15) is 4.79 Å². The summed E-state index contributed by atoms with van der Waals surface area (Å²) in [5.41, 5.74) is 12.4. The van der Waals surface area contributed by atoms with Crippen LogP contribution in [0.15, 0.2) is 0 Å². The molecule has 0 aliphatic heterocycles. The van der Waals surface area contributed by atoms with E-state index in [2.05, 4.69) is 5.10 Å². The zero-order chi connectivity index (χ0) is 11.7. The van der Waals surface area contributed by atoms with Crippen LogP contribution in [0.5, 0.6) is 0 Å². The minimum atomic E-state index is -0.462. The van der Waals surface area contributed by atoms with E-state index in [0.717, 1.165) is 25.1 Å². The summed E-state index contributed by atoms with van der Waals surface area (Å²) in [5.74, 6) is 0.628. The van der Waals surface area contributed by atoms with E-state index in [0.29, 0.717) is 17.3 Å². The number of anilines is 1. The molecular weight excluding hydrogens is 204 g/mol. The minimum Gasteiger partial charge on any atom is -0.383 e.